The maximum atomic E-state index is 13.1. The third-order valence-electron chi connectivity index (χ3n) is 5.48. The molecule has 3 aromatic rings. The van der Waals surface area contributed by atoms with Gasteiger partial charge in [-0.05, 0) is 43.7 Å². The van der Waals surface area contributed by atoms with Gasteiger partial charge in [-0.3, -0.25) is 4.79 Å². The summed E-state index contributed by atoms with van der Waals surface area (Å²) in [6.45, 7) is 3.22. The third-order valence-corrected chi connectivity index (χ3v) is 7.51. The van der Waals surface area contributed by atoms with Gasteiger partial charge in [-0.1, -0.05) is 0 Å². The molecule has 12 heteroatoms. The Balaban J connectivity index is 1.54. The maximum absolute atomic E-state index is 13.1. The number of amides is 1. The monoisotopic (exact) mass is 467 g/mol. The first-order valence-electron chi connectivity index (χ1n) is 9.77. The van der Waals surface area contributed by atoms with Crippen LogP contribution in [0.15, 0.2) is 47.8 Å². The molecule has 8 nitrogen and oxygen atoms in total. The van der Waals surface area contributed by atoms with Crippen molar-refractivity contribution in [1.82, 2.24) is 23.8 Å². The van der Waals surface area contributed by atoms with E-state index in [1.807, 2.05) is 0 Å². The highest BCUT2D eigenvalue weighted by Gasteiger charge is 2.37. The van der Waals surface area contributed by atoms with E-state index in [0.717, 1.165) is 18.2 Å². The number of carbonyl (C=O) groups excluding carboxylic acids is 1. The van der Waals surface area contributed by atoms with E-state index in [-0.39, 0.29) is 36.0 Å². The van der Waals surface area contributed by atoms with Crippen LogP contribution >= 0.6 is 0 Å². The Morgan fingerprint density at radius 1 is 1.22 bits per heavy atom. The molecule has 0 N–H and O–H groups in total. The standard InChI is InChI=1S/C20H20F3N5O3S/c1-13-10-15(20(21,22)23)4-5-17(13)32(30,31)26-8-9-27(14(2)12-26)19(29)16-11-25-28-7-3-6-24-18(16)28/h3-7,10-11,14H,8-9,12H2,1-2H3/t14-/m0/s1. The first-order valence-corrected chi connectivity index (χ1v) is 11.2. The average Bonchev–Trinajstić information content (AvgIpc) is 3.16. The number of aromatic nitrogens is 3. The molecule has 0 unspecified atom stereocenters. The number of benzene rings is 1. The number of hydrogen-bond donors (Lipinski definition) is 0. The van der Waals surface area contributed by atoms with E-state index < -0.39 is 27.8 Å². The topological polar surface area (TPSA) is 87.9 Å². The number of sulfonamides is 1. The highest BCUT2D eigenvalue weighted by Crippen LogP contribution is 2.32. The fraction of sp³-hybridized carbons (Fsp3) is 0.350. The van der Waals surface area contributed by atoms with Gasteiger partial charge in [0.2, 0.25) is 10.0 Å². The molecule has 0 bridgehead atoms. The van der Waals surface area contributed by atoms with E-state index in [9.17, 15) is 26.4 Å². The summed E-state index contributed by atoms with van der Waals surface area (Å²) in [5.41, 5.74) is -0.171. The largest absolute Gasteiger partial charge is 0.416 e. The van der Waals surface area contributed by atoms with Gasteiger partial charge in [-0.15, -0.1) is 0 Å². The zero-order valence-corrected chi connectivity index (χ0v) is 18.1. The zero-order chi connectivity index (χ0) is 23.3. The lowest BCUT2D eigenvalue weighted by Gasteiger charge is -2.39. The summed E-state index contributed by atoms with van der Waals surface area (Å²) < 4.78 is 67.7. The number of rotatable bonds is 3. The lowest BCUT2D eigenvalue weighted by molar-refractivity contribution is -0.137. The first-order chi connectivity index (χ1) is 15.0. The molecule has 0 saturated carbocycles. The van der Waals surface area contributed by atoms with Crippen molar-refractivity contribution < 1.29 is 26.4 Å². The van der Waals surface area contributed by atoms with E-state index in [4.69, 9.17) is 0 Å². The molecule has 1 aromatic carbocycles. The summed E-state index contributed by atoms with van der Waals surface area (Å²) >= 11 is 0. The van der Waals surface area contributed by atoms with Gasteiger partial charge in [-0.25, -0.2) is 17.9 Å². The molecule has 0 spiro atoms. The van der Waals surface area contributed by atoms with E-state index in [2.05, 4.69) is 10.1 Å². The Kier molecular flexibility index (Phi) is 5.45. The van der Waals surface area contributed by atoms with Crippen molar-refractivity contribution in [2.24, 2.45) is 0 Å². The fourth-order valence-corrected chi connectivity index (χ4v) is 5.55. The van der Waals surface area contributed by atoms with E-state index in [0.29, 0.717) is 11.2 Å². The van der Waals surface area contributed by atoms with Crippen molar-refractivity contribution in [2.75, 3.05) is 19.6 Å². The summed E-state index contributed by atoms with van der Waals surface area (Å²) in [7, 11) is -4.03. The molecular formula is C20H20F3N5O3S. The quantitative estimate of drug-likeness (QED) is 0.591. The van der Waals surface area contributed by atoms with E-state index in [1.165, 1.54) is 21.9 Å². The minimum absolute atomic E-state index is 0.0151. The van der Waals surface area contributed by atoms with Gasteiger partial charge in [0.15, 0.2) is 5.65 Å². The molecule has 32 heavy (non-hydrogen) atoms. The first kappa shape index (κ1) is 22.2. The normalized spacial score (nSPS) is 18.3. The second kappa shape index (κ2) is 7.85. The predicted molar refractivity (Wildman–Crippen MR) is 108 cm³/mol. The molecule has 3 heterocycles. The van der Waals surface area contributed by atoms with Crippen molar-refractivity contribution >= 4 is 21.6 Å². The van der Waals surface area contributed by atoms with Crippen LogP contribution in [0, 0.1) is 6.92 Å². The van der Waals surface area contributed by atoms with Crippen molar-refractivity contribution in [3.05, 3.63) is 59.5 Å². The van der Waals surface area contributed by atoms with Crippen LogP contribution in [0.2, 0.25) is 0 Å². The van der Waals surface area contributed by atoms with Crippen LogP contribution < -0.4 is 0 Å². The number of fused-ring (bicyclic) bond motifs is 1. The summed E-state index contributed by atoms with van der Waals surface area (Å²) in [5, 5.41) is 4.11. The average molecular weight is 467 g/mol. The lowest BCUT2D eigenvalue weighted by atomic mass is 10.1. The molecule has 0 radical (unpaired) electrons. The van der Waals surface area contributed by atoms with Crippen molar-refractivity contribution in [3.8, 4) is 0 Å². The third kappa shape index (κ3) is 3.84. The van der Waals surface area contributed by atoms with Gasteiger partial charge in [-0.2, -0.15) is 22.6 Å². The molecule has 170 valence electrons. The number of nitrogens with zero attached hydrogens (tertiary/aromatic N) is 5. The van der Waals surface area contributed by atoms with Crippen LogP contribution in [0.5, 0.6) is 0 Å². The van der Waals surface area contributed by atoms with Crippen molar-refractivity contribution in [2.45, 2.75) is 31.0 Å². The van der Waals surface area contributed by atoms with Crippen molar-refractivity contribution in [3.63, 3.8) is 0 Å². The molecule has 1 fully saturated rings. The fourth-order valence-electron chi connectivity index (χ4n) is 3.83. The minimum atomic E-state index is -4.56. The molecule has 4 rings (SSSR count). The van der Waals surface area contributed by atoms with E-state index in [1.54, 1.807) is 30.3 Å². The van der Waals surface area contributed by atoms with Gasteiger partial charge in [0.05, 0.1) is 16.7 Å². The molecule has 1 aliphatic rings. The summed E-state index contributed by atoms with van der Waals surface area (Å²) in [5.74, 6) is -0.311. The molecule has 2 aromatic heterocycles. The molecular weight excluding hydrogens is 447 g/mol. The van der Waals surface area contributed by atoms with Crippen LogP contribution in [0.4, 0.5) is 13.2 Å². The summed E-state index contributed by atoms with van der Waals surface area (Å²) in [6, 6.07) is 3.80. The highest BCUT2D eigenvalue weighted by atomic mass is 32.2. The number of halogens is 3. The minimum Gasteiger partial charge on any atom is -0.333 e. The lowest BCUT2D eigenvalue weighted by Crippen LogP contribution is -2.55. The number of hydrogen-bond acceptors (Lipinski definition) is 5. The van der Waals surface area contributed by atoms with Crippen LogP contribution in [0.1, 0.15) is 28.4 Å². The highest BCUT2D eigenvalue weighted by molar-refractivity contribution is 7.89. The maximum Gasteiger partial charge on any atom is 0.416 e. The SMILES string of the molecule is Cc1cc(C(F)(F)F)ccc1S(=O)(=O)N1CCN(C(=O)c2cnn3cccnc23)[C@@H](C)C1. The number of aryl methyl sites for hydroxylation is 1. The molecule has 1 aliphatic heterocycles. The second-order valence-corrected chi connectivity index (χ2v) is 9.54. The second-order valence-electron chi connectivity index (χ2n) is 7.63. The van der Waals surface area contributed by atoms with Crippen LogP contribution in [0.25, 0.3) is 5.65 Å². The summed E-state index contributed by atoms with van der Waals surface area (Å²) in [6.07, 6.45) is 0.0835. The number of alkyl halides is 3. The van der Waals surface area contributed by atoms with Crippen LogP contribution in [-0.2, 0) is 16.2 Å². The van der Waals surface area contributed by atoms with Crippen LogP contribution in [-0.4, -0.2) is 63.8 Å². The van der Waals surface area contributed by atoms with Gasteiger partial charge in [0, 0.05) is 38.1 Å². The number of piperazine rings is 1. The van der Waals surface area contributed by atoms with Gasteiger partial charge in [0.1, 0.15) is 5.56 Å². The van der Waals surface area contributed by atoms with Gasteiger partial charge < -0.3 is 4.90 Å². The molecule has 0 aliphatic carbocycles. The van der Waals surface area contributed by atoms with Crippen molar-refractivity contribution in [1.29, 1.82) is 0 Å². The molecule has 1 saturated heterocycles. The Labute approximate surface area is 182 Å². The Hall–Kier alpha value is -2.99. The zero-order valence-electron chi connectivity index (χ0n) is 17.2. The number of carbonyl (C=O) groups is 1. The van der Waals surface area contributed by atoms with E-state index >= 15 is 0 Å². The van der Waals surface area contributed by atoms with Gasteiger partial charge >= 0.3 is 6.18 Å². The van der Waals surface area contributed by atoms with Gasteiger partial charge in [0.25, 0.3) is 5.91 Å². The predicted octanol–water partition coefficient (Wildman–Crippen LogP) is 2.59. The smallest absolute Gasteiger partial charge is 0.333 e. The molecule has 1 amide bonds. The Morgan fingerprint density at radius 3 is 2.62 bits per heavy atom. The Morgan fingerprint density at radius 2 is 1.97 bits per heavy atom. The Bertz CT molecular complexity index is 1290. The van der Waals surface area contributed by atoms with Crippen LogP contribution in [0.3, 0.4) is 0 Å². The molecule has 1 atom stereocenters. The summed E-state index contributed by atoms with van der Waals surface area (Å²) in [4.78, 5) is 18.6.